The van der Waals surface area contributed by atoms with Gasteiger partial charge in [0.25, 0.3) is 0 Å². The summed E-state index contributed by atoms with van der Waals surface area (Å²) < 4.78 is 0. The Morgan fingerprint density at radius 3 is 2.71 bits per heavy atom. The standard InChI is InChI=1S/C14H20N2O/c1-5-6-10(2)15-11(3)14-8-7-13(9-17)16-12(14)4/h7-8,17H,3,5-6,9H2,1-2,4H3. The van der Waals surface area contributed by atoms with E-state index >= 15 is 0 Å². The van der Waals surface area contributed by atoms with Gasteiger partial charge in [-0.3, -0.25) is 9.98 Å². The second kappa shape index (κ2) is 6.30. The molecular weight excluding hydrogens is 212 g/mol. The Labute approximate surface area is 103 Å². The van der Waals surface area contributed by atoms with Gasteiger partial charge in [-0.25, -0.2) is 0 Å². The smallest absolute Gasteiger partial charge is 0.0853 e. The number of nitrogens with zero attached hydrogens (tertiary/aromatic N) is 2. The van der Waals surface area contributed by atoms with Crippen LogP contribution in [-0.2, 0) is 6.61 Å². The summed E-state index contributed by atoms with van der Waals surface area (Å²) in [5, 5.41) is 8.99. The maximum atomic E-state index is 8.99. The Kier molecular flexibility index (Phi) is 5.04. The molecule has 17 heavy (non-hydrogen) atoms. The van der Waals surface area contributed by atoms with Gasteiger partial charge in [-0.1, -0.05) is 19.9 Å². The molecule has 3 heteroatoms. The molecule has 0 saturated carbocycles. The normalized spacial score (nSPS) is 11.6. The zero-order valence-corrected chi connectivity index (χ0v) is 10.8. The van der Waals surface area contributed by atoms with Crippen LogP contribution >= 0.6 is 0 Å². The largest absolute Gasteiger partial charge is 0.390 e. The molecule has 92 valence electrons. The van der Waals surface area contributed by atoms with Gasteiger partial charge in [-0.2, -0.15) is 0 Å². The maximum Gasteiger partial charge on any atom is 0.0853 e. The number of hydrogen-bond donors (Lipinski definition) is 1. The predicted octanol–water partition coefficient (Wildman–Crippen LogP) is 3.11. The highest BCUT2D eigenvalue weighted by atomic mass is 16.3. The van der Waals surface area contributed by atoms with Crippen molar-refractivity contribution >= 4 is 11.4 Å². The summed E-state index contributed by atoms with van der Waals surface area (Å²) in [6.07, 6.45) is 2.07. The molecule has 0 aliphatic carbocycles. The van der Waals surface area contributed by atoms with E-state index in [4.69, 9.17) is 5.11 Å². The molecule has 0 aliphatic rings. The van der Waals surface area contributed by atoms with E-state index in [1.807, 2.05) is 19.9 Å². The average Bonchev–Trinajstić information content (AvgIpc) is 2.28. The van der Waals surface area contributed by atoms with Crippen LogP contribution in [0.3, 0.4) is 0 Å². The fourth-order valence-corrected chi connectivity index (χ4v) is 1.71. The van der Waals surface area contributed by atoms with Crippen LogP contribution in [0.1, 0.15) is 43.6 Å². The highest BCUT2D eigenvalue weighted by Crippen LogP contribution is 2.18. The van der Waals surface area contributed by atoms with Gasteiger partial charge in [0, 0.05) is 17.0 Å². The van der Waals surface area contributed by atoms with E-state index in [2.05, 4.69) is 23.5 Å². The molecule has 0 amide bonds. The molecule has 0 saturated heterocycles. The molecule has 0 bridgehead atoms. The van der Waals surface area contributed by atoms with Crippen LogP contribution in [-0.4, -0.2) is 15.8 Å². The van der Waals surface area contributed by atoms with Gasteiger partial charge in [0.15, 0.2) is 0 Å². The van der Waals surface area contributed by atoms with Crippen LogP contribution < -0.4 is 0 Å². The molecule has 0 aromatic carbocycles. The fourth-order valence-electron chi connectivity index (χ4n) is 1.71. The van der Waals surface area contributed by atoms with Crippen molar-refractivity contribution in [1.82, 2.24) is 4.98 Å². The van der Waals surface area contributed by atoms with Gasteiger partial charge >= 0.3 is 0 Å². The van der Waals surface area contributed by atoms with E-state index in [0.717, 1.165) is 35.5 Å². The monoisotopic (exact) mass is 232 g/mol. The lowest BCUT2D eigenvalue weighted by Gasteiger charge is -2.07. The summed E-state index contributed by atoms with van der Waals surface area (Å²) in [4.78, 5) is 8.76. The minimum absolute atomic E-state index is 0.0360. The van der Waals surface area contributed by atoms with Crippen molar-refractivity contribution in [3.8, 4) is 0 Å². The molecule has 0 spiro atoms. The van der Waals surface area contributed by atoms with Crippen LogP contribution in [0.15, 0.2) is 23.7 Å². The van der Waals surface area contributed by atoms with E-state index in [9.17, 15) is 0 Å². The van der Waals surface area contributed by atoms with E-state index in [1.54, 1.807) is 6.07 Å². The lowest BCUT2D eigenvalue weighted by atomic mass is 10.1. The molecule has 1 aromatic rings. The molecule has 0 radical (unpaired) electrons. The number of hydrogen-bond acceptors (Lipinski definition) is 3. The predicted molar refractivity (Wildman–Crippen MR) is 71.9 cm³/mol. The lowest BCUT2D eigenvalue weighted by molar-refractivity contribution is 0.276. The number of aliphatic hydroxyl groups is 1. The summed E-state index contributed by atoms with van der Waals surface area (Å²) >= 11 is 0. The van der Waals surface area contributed by atoms with Crippen LogP contribution in [0.4, 0.5) is 0 Å². The van der Waals surface area contributed by atoms with E-state index in [0.29, 0.717) is 5.69 Å². The zero-order chi connectivity index (χ0) is 12.8. The van der Waals surface area contributed by atoms with E-state index in [1.165, 1.54) is 0 Å². The maximum absolute atomic E-state index is 8.99. The third-order valence-electron chi connectivity index (χ3n) is 2.55. The van der Waals surface area contributed by atoms with Crippen LogP contribution in [0.2, 0.25) is 0 Å². The number of pyridine rings is 1. The fraction of sp³-hybridized carbons (Fsp3) is 0.429. The molecule has 1 aromatic heterocycles. The third-order valence-corrected chi connectivity index (χ3v) is 2.55. The van der Waals surface area contributed by atoms with Crippen molar-refractivity contribution in [3.63, 3.8) is 0 Å². The number of aryl methyl sites for hydroxylation is 1. The molecule has 3 nitrogen and oxygen atoms in total. The Balaban J connectivity index is 2.93. The van der Waals surface area contributed by atoms with Gasteiger partial charge in [-0.15, -0.1) is 0 Å². The minimum atomic E-state index is -0.0360. The molecule has 0 unspecified atom stereocenters. The Morgan fingerprint density at radius 1 is 1.47 bits per heavy atom. The Bertz CT molecular complexity index is 436. The highest BCUT2D eigenvalue weighted by molar-refractivity contribution is 5.87. The topological polar surface area (TPSA) is 45.5 Å². The summed E-state index contributed by atoms with van der Waals surface area (Å²) in [7, 11) is 0. The van der Waals surface area contributed by atoms with Crippen molar-refractivity contribution in [2.75, 3.05) is 0 Å². The molecule has 1 rings (SSSR count). The zero-order valence-electron chi connectivity index (χ0n) is 10.8. The Morgan fingerprint density at radius 2 is 2.18 bits per heavy atom. The van der Waals surface area contributed by atoms with Crippen molar-refractivity contribution in [2.24, 2.45) is 4.99 Å². The SMILES string of the molecule is C=C(N=C(C)CCC)c1ccc(CO)nc1C. The van der Waals surface area contributed by atoms with Crippen molar-refractivity contribution in [1.29, 1.82) is 0 Å². The highest BCUT2D eigenvalue weighted by Gasteiger charge is 2.04. The quantitative estimate of drug-likeness (QED) is 0.793. The number of aromatic nitrogens is 1. The number of aliphatic imine (C=N–C) groups is 1. The first-order chi connectivity index (χ1) is 8.08. The number of rotatable bonds is 5. The molecule has 1 N–H and O–H groups in total. The summed E-state index contributed by atoms with van der Waals surface area (Å²) in [6, 6.07) is 3.72. The minimum Gasteiger partial charge on any atom is -0.390 e. The van der Waals surface area contributed by atoms with E-state index < -0.39 is 0 Å². The summed E-state index contributed by atoms with van der Waals surface area (Å²) in [6.45, 7) is 9.99. The first kappa shape index (κ1) is 13.6. The van der Waals surface area contributed by atoms with Crippen LogP contribution in [0, 0.1) is 6.92 Å². The van der Waals surface area contributed by atoms with Gasteiger partial charge < -0.3 is 5.11 Å². The summed E-state index contributed by atoms with van der Waals surface area (Å²) in [5.74, 6) is 0. The van der Waals surface area contributed by atoms with Crippen molar-refractivity contribution in [3.05, 3.63) is 35.7 Å². The van der Waals surface area contributed by atoms with E-state index in [-0.39, 0.29) is 6.61 Å². The van der Waals surface area contributed by atoms with Gasteiger partial charge in [-0.05, 0) is 32.4 Å². The van der Waals surface area contributed by atoms with Crippen molar-refractivity contribution < 1.29 is 5.11 Å². The number of aliphatic hydroxyl groups excluding tert-OH is 1. The van der Waals surface area contributed by atoms with Crippen LogP contribution in [0.5, 0.6) is 0 Å². The first-order valence-electron chi connectivity index (χ1n) is 5.89. The second-order valence-corrected chi connectivity index (χ2v) is 4.14. The average molecular weight is 232 g/mol. The van der Waals surface area contributed by atoms with Gasteiger partial charge in [0.1, 0.15) is 0 Å². The van der Waals surface area contributed by atoms with Gasteiger partial charge in [0.05, 0.1) is 18.0 Å². The molecule has 1 heterocycles. The van der Waals surface area contributed by atoms with Gasteiger partial charge in [0.2, 0.25) is 0 Å². The first-order valence-corrected chi connectivity index (χ1v) is 5.89. The van der Waals surface area contributed by atoms with Crippen LogP contribution in [0.25, 0.3) is 5.70 Å². The third kappa shape index (κ3) is 3.79. The molecular formula is C14H20N2O. The molecule has 0 fully saturated rings. The van der Waals surface area contributed by atoms with Crippen molar-refractivity contribution in [2.45, 2.75) is 40.2 Å². The second-order valence-electron chi connectivity index (χ2n) is 4.14. The molecule has 0 atom stereocenters. The summed E-state index contributed by atoms with van der Waals surface area (Å²) in [5.41, 5.74) is 4.30. The molecule has 0 aliphatic heterocycles. The Hall–Kier alpha value is -1.48. The lowest BCUT2D eigenvalue weighted by Crippen LogP contribution is -1.97.